The molecule has 0 bridgehead atoms. The van der Waals surface area contributed by atoms with Gasteiger partial charge in [0.15, 0.2) is 23.0 Å². The summed E-state index contributed by atoms with van der Waals surface area (Å²) in [4.78, 5) is 111. The lowest BCUT2D eigenvalue weighted by Gasteiger charge is -2.26. The number of carbonyl (C=O) groups excluding carboxylic acids is 8. The van der Waals surface area contributed by atoms with E-state index >= 15 is 0 Å². The Morgan fingerprint density at radius 3 is 2.06 bits per heavy atom. The molecule has 8 amide bonds. The van der Waals surface area contributed by atoms with Gasteiger partial charge in [0.25, 0.3) is 23.6 Å². The molecule has 0 spiro atoms. The third kappa shape index (κ3) is 15.8. The topological polar surface area (TPSA) is 282 Å². The first-order chi connectivity index (χ1) is 40.1. The fraction of sp³-hybridized carbons (Fsp3) is 0.467. The fourth-order valence-corrected chi connectivity index (χ4v) is 10.7. The fourth-order valence-electron chi connectivity index (χ4n) is 10.7. The van der Waals surface area contributed by atoms with E-state index < -0.39 is 23.9 Å². The van der Waals surface area contributed by atoms with Crippen LogP contribution in [-0.2, 0) is 35.3 Å². The number of methoxy groups -OCH3 is 2. The van der Waals surface area contributed by atoms with Gasteiger partial charge in [0.05, 0.1) is 75.1 Å². The molecule has 5 heterocycles. The monoisotopic (exact) mass is 1140 g/mol. The largest absolute Gasteiger partial charge is 0.493 e. The van der Waals surface area contributed by atoms with Gasteiger partial charge in [-0.25, -0.2) is 4.79 Å². The van der Waals surface area contributed by atoms with Crippen molar-refractivity contribution in [2.24, 2.45) is 5.73 Å². The van der Waals surface area contributed by atoms with Gasteiger partial charge in [0.2, 0.25) is 17.7 Å². The lowest BCUT2D eigenvalue weighted by atomic mass is 10.1. The molecule has 2 saturated heterocycles. The second-order valence-corrected chi connectivity index (χ2v) is 21.2. The highest BCUT2D eigenvalue weighted by Gasteiger charge is 2.41. The van der Waals surface area contributed by atoms with Gasteiger partial charge in [-0.2, -0.15) is 0 Å². The van der Waals surface area contributed by atoms with Crippen molar-refractivity contribution in [3.63, 3.8) is 0 Å². The quantitative estimate of drug-likeness (QED) is 0.0227. The number of anilines is 3. The minimum Gasteiger partial charge on any atom is -0.493 e. The standard InChI is InChI=1S/C60H76N10O13/c1-38-25-42-31-63-47-29-51(49(79-3)27-44(47)58(76)68(42)33-38)81-23-11-6-12-24-82-52-30-48-45(28-50(52)80-4)59(77)69-34-39(2)26-43(69)35-70(48)60(78)83-36-40-15-17-41(18-16-40)65-57(75)46(13-8-9-21-62-37-61)66-54(72)32-64-53(71)14-7-5-10-22-67-55(73)19-20-56(67)74/h15-20,27-30,42-43,46,62-63H,1-2,5-14,21-26,31-37,61H2,3-4H3,(H,64,71)(H,65,75)(H,66,72). The summed E-state index contributed by atoms with van der Waals surface area (Å²) in [6.45, 7) is 11.3. The van der Waals surface area contributed by atoms with Crippen molar-refractivity contribution in [1.82, 2.24) is 30.7 Å². The third-order valence-electron chi connectivity index (χ3n) is 15.1. The maximum absolute atomic E-state index is 14.2. The number of rotatable bonds is 29. The van der Waals surface area contributed by atoms with Gasteiger partial charge in [0, 0.05) is 69.2 Å². The predicted octanol–water partition coefficient (Wildman–Crippen LogP) is 5.16. The zero-order valence-electron chi connectivity index (χ0n) is 47.4. The van der Waals surface area contributed by atoms with E-state index in [4.69, 9.17) is 29.4 Å². The number of fused-ring (bicyclic) bond motifs is 4. The van der Waals surface area contributed by atoms with Crippen LogP contribution in [0.25, 0.3) is 0 Å². The summed E-state index contributed by atoms with van der Waals surface area (Å²) in [7, 11) is 3.04. The summed E-state index contributed by atoms with van der Waals surface area (Å²) in [6, 6.07) is 12.3. The molecule has 444 valence electrons. The van der Waals surface area contributed by atoms with Gasteiger partial charge in [-0.05, 0) is 101 Å². The Hall–Kier alpha value is -8.44. The number of unbranched alkanes of at least 4 members (excludes halogenated alkanes) is 5. The molecule has 3 unspecified atom stereocenters. The second-order valence-electron chi connectivity index (χ2n) is 21.2. The average molecular weight is 1150 g/mol. The van der Waals surface area contributed by atoms with E-state index in [2.05, 4.69) is 39.7 Å². The number of nitrogens with zero attached hydrogens (tertiary/aromatic N) is 4. The van der Waals surface area contributed by atoms with E-state index in [1.807, 2.05) is 11.0 Å². The van der Waals surface area contributed by atoms with Crippen molar-refractivity contribution in [1.29, 1.82) is 0 Å². The molecule has 23 heteroatoms. The second kappa shape index (κ2) is 29.0. The number of imide groups is 1. The number of nitrogens with one attached hydrogen (secondary N) is 5. The van der Waals surface area contributed by atoms with Gasteiger partial charge < -0.3 is 65.8 Å². The Morgan fingerprint density at radius 1 is 0.735 bits per heavy atom. The number of carbonyl (C=O) groups is 8. The zero-order valence-corrected chi connectivity index (χ0v) is 47.4. The van der Waals surface area contributed by atoms with Crippen molar-refractivity contribution in [2.75, 3.05) is 95.4 Å². The normalized spacial score (nSPS) is 17.4. The van der Waals surface area contributed by atoms with E-state index in [0.717, 1.165) is 28.9 Å². The van der Waals surface area contributed by atoms with E-state index in [1.54, 1.807) is 54.5 Å². The maximum Gasteiger partial charge on any atom is 0.414 e. The molecule has 3 aromatic rings. The highest BCUT2D eigenvalue weighted by molar-refractivity contribution is 6.13. The summed E-state index contributed by atoms with van der Waals surface area (Å²) < 4.78 is 29.7. The van der Waals surface area contributed by atoms with Crippen molar-refractivity contribution in [3.8, 4) is 23.0 Å². The summed E-state index contributed by atoms with van der Waals surface area (Å²) in [5.74, 6) is -0.692. The lowest BCUT2D eigenvalue weighted by Crippen LogP contribution is -2.47. The number of hydrogen-bond donors (Lipinski definition) is 6. The molecule has 5 aliphatic heterocycles. The SMILES string of the molecule is C=C1CC2CNc3cc(OCCCCCOc4cc5c(cc4OC)C(=O)N4CC(=C)CC4CN5C(=O)OCc4ccc(NC(=O)C(CCCCNCN)NC(=O)CNC(=O)CCCCCN5C(=O)C=CC5=O)cc4)c(OC)cc3C(=O)N2C1. The van der Waals surface area contributed by atoms with E-state index in [0.29, 0.717) is 155 Å². The number of amides is 8. The van der Waals surface area contributed by atoms with Crippen molar-refractivity contribution >= 4 is 64.5 Å². The Kier molecular flexibility index (Phi) is 21.2. The maximum atomic E-state index is 14.2. The van der Waals surface area contributed by atoms with Gasteiger partial charge in [0.1, 0.15) is 12.6 Å². The van der Waals surface area contributed by atoms with Crippen LogP contribution in [-0.4, -0.2) is 160 Å². The van der Waals surface area contributed by atoms with E-state index in [-0.39, 0.29) is 79.8 Å². The number of benzene rings is 3. The van der Waals surface area contributed by atoms with E-state index in [1.165, 1.54) is 24.2 Å². The van der Waals surface area contributed by atoms with Crippen LogP contribution < -0.4 is 56.2 Å². The van der Waals surface area contributed by atoms with Crippen LogP contribution in [0.3, 0.4) is 0 Å². The van der Waals surface area contributed by atoms with Crippen molar-refractivity contribution in [2.45, 2.75) is 102 Å². The number of hydrogen-bond acceptors (Lipinski definition) is 16. The van der Waals surface area contributed by atoms with Crippen molar-refractivity contribution in [3.05, 3.63) is 102 Å². The number of ether oxygens (including phenoxy) is 5. The van der Waals surface area contributed by atoms with Gasteiger partial charge in [-0.1, -0.05) is 42.9 Å². The smallest absolute Gasteiger partial charge is 0.414 e. The number of nitrogens with two attached hydrogens (primary N) is 1. The Morgan fingerprint density at radius 2 is 1.37 bits per heavy atom. The molecule has 5 aliphatic rings. The minimum absolute atomic E-state index is 0.0515. The van der Waals surface area contributed by atoms with Crippen LogP contribution in [0.4, 0.5) is 21.9 Å². The summed E-state index contributed by atoms with van der Waals surface area (Å²) in [5, 5.41) is 14.6. The zero-order chi connectivity index (χ0) is 59.0. The summed E-state index contributed by atoms with van der Waals surface area (Å²) in [6.07, 6.45) is 8.54. The molecule has 0 aliphatic carbocycles. The molecule has 83 heavy (non-hydrogen) atoms. The van der Waals surface area contributed by atoms with Gasteiger partial charge in [-0.15, -0.1) is 0 Å². The van der Waals surface area contributed by atoms with Crippen LogP contribution in [0.2, 0.25) is 0 Å². The van der Waals surface area contributed by atoms with Crippen LogP contribution in [0, 0.1) is 0 Å². The predicted molar refractivity (Wildman–Crippen MR) is 309 cm³/mol. The molecule has 0 saturated carbocycles. The van der Waals surface area contributed by atoms with Crippen LogP contribution in [0.5, 0.6) is 23.0 Å². The lowest BCUT2D eigenvalue weighted by molar-refractivity contribution is -0.137. The highest BCUT2D eigenvalue weighted by atomic mass is 16.6. The molecule has 7 N–H and O–H groups in total. The molecular formula is C60H76N10O13. The Labute approximate surface area is 483 Å². The van der Waals surface area contributed by atoms with Gasteiger partial charge >= 0.3 is 6.09 Å². The molecule has 3 aromatic carbocycles. The first kappa shape index (κ1) is 60.7. The molecular weight excluding hydrogens is 1070 g/mol. The van der Waals surface area contributed by atoms with Crippen LogP contribution in [0.1, 0.15) is 103 Å². The van der Waals surface area contributed by atoms with Crippen molar-refractivity contribution < 1.29 is 62.0 Å². The van der Waals surface area contributed by atoms with Crippen LogP contribution >= 0.6 is 0 Å². The Bertz CT molecular complexity index is 2950. The highest BCUT2D eigenvalue weighted by Crippen LogP contribution is 2.41. The Balaban J connectivity index is 0.827. The molecule has 23 nitrogen and oxygen atoms in total. The van der Waals surface area contributed by atoms with Gasteiger partial charge in [-0.3, -0.25) is 43.4 Å². The van der Waals surface area contributed by atoms with E-state index in [9.17, 15) is 38.4 Å². The average Bonchev–Trinajstić information content (AvgIpc) is 4.30. The molecule has 8 rings (SSSR count). The molecule has 0 aromatic heterocycles. The third-order valence-corrected chi connectivity index (χ3v) is 15.1. The summed E-state index contributed by atoms with van der Waals surface area (Å²) in [5.41, 5.74) is 10.3. The first-order valence-corrected chi connectivity index (χ1v) is 28.4. The van der Waals surface area contributed by atoms with Crippen LogP contribution in [0.15, 0.2) is 85.0 Å². The molecule has 0 radical (unpaired) electrons. The molecule has 2 fully saturated rings. The first-order valence-electron chi connectivity index (χ1n) is 28.4. The summed E-state index contributed by atoms with van der Waals surface area (Å²) >= 11 is 0. The minimum atomic E-state index is -0.924. The molecule has 3 atom stereocenters.